The Morgan fingerprint density at radius 3 is 2.76 bits per heavy atom. The molecule has 0 aliphatic heterocycles. The van der Waals surface area contributed by atoms with Gasteiger partial charge in [-0.1, -0.05) is 31.5 Å². The number of hydrogen-bond donors (Lipinski definition) is 2. The zero-order valence-corrected chi connectivity index (χ0v) is 13.1. The zero-order chi connectivity index (χ0) is 14.5. The van der Waals surface area contributed by atoms with Gasteiger partial charge in [0.1, 0.15) is 5.82 Å². The van der Waals surface area contributed by atoms with Crippen LogP contribution in [0, 0.1) is 6.92 Å². The Balaban J connectivity index is 0.00000220. The molecule has 0 saturated heterocycles. The summed E-state index contributed by atoms with van der Waals surface area (Å²) in [4.78, 5) is 12.0. The summed E-state index contributed by atoms with van der Waals surface area (Å²) in [6.07, 6.45) is 3.21. The molecule has 6 heteroatoms. The van der Waals surface area contributed by atoms with E-state index in [0.717, 1.165) is 17.7 Å². The maximum Gasteiger partial charge on any atom is 0.242 e. The first-order valence-corrected chi connectivity index (χ1v) is 6.80. The first-order chi connectivity index (χ1) is 9.63. The van der Waals surface area contributed by atoms with Gasteiger partial charge in [0.05, 0.1) is 17.9 Å². The van der Waals surface area contributed by atoms with Gasteiger partial charge in [-0.3, -0.25) is 4.79 Å². The van der Waals surface area contributed by atoms with E-state index in [4.69, 9.17) is 5.73 Å². The van der Waals surface area contributed by atoms with Gasteiger partial charge in [-0.25, -0.2) is 4.68 Å². The summed E-state index contributed by atoms with van der Waals surface area (Å²) in [6, 6.07) is 9.16. The average Bonchev–Trinajstić information content (AvgIpc) is 2.87. The lowest BCUT2D eigenvalue weighted by atomic mass is 10.1. The molecule has 2 rings (SSSR count). The van der Waals surface area contributed by atoms with Gasteiger partial charge >= 0.3 is 0 Å². The monoisotopic (exact) mass is 308 g/mol. The molecule has 0 bridgehead atoms. The van der Waals surface area contributed by atoms with Crippen LogP contribution in [0.15, 0.2) is 36.5 Å². The van der Waals surface area contributed by atoms with Crippen molar-refractivity contribution >= 4 is 24.1 Å². The molecule has 1 amide bonds. The Bertz CT molecular complexity index is 597. The van der Waals surface area contributed by atoms with Crippen LogP contribution >= 0.6 is 12.4 Å². The Morgan fingerprint density at radius 1 is 1.38 bits per heavy atom. The Morgan fingerprint density at radius 2 is 2.10 bits per heavy atom. The highest BCUT2D eigenvalue weighted by Crippen LogP contribution is 2.18. The molecule has 0 radical (unpaired) electrons. The van der Waals surface area contributed by atoms with Gasteiger partial charge in [0.25, 0.3) is 0 Å². The van der Waals surface area contributed by atoms with Crippen LogP contribution < -0.4 is 11.1 Å². The predicted molar refractivity (Wildman–Crippen MR) is 87.1 cm³/mol. The molecule has 0 aliphatic rings. The lowest BCUT2D eigenvalue weighted by molar-refractivity contribution is -0.117. The van der Waals surface area contributed by atoms with E-state index in [1.807, 2.05) is 38.1 Å². The summed E-state index contributed by atoms with van der Waals surface area (Å²) in [5.74, 6) is 0.457. The fourth-order valence-corrected chi connectivity index (χ4v) is 2.05. The van der Waals surface area contributed by atoms with Gasteiger partial charge in [0, 0.05) is 6.07 Å². The molecule has 5 nitrogen and oxygen atoms in total. The number of nitrogens with zero attached hydrogens (tertiary/aromatic N) is 2. The maximum absolute atomic E-state index is 12.0. The highest BCUT2D eigenvalue weighted by molar-refractivity contribution is 5.94. The van der Waals surface area contributed by atoms with Crippen LogP contribution in [0.4, 0.5) is 5.82 Å². The number of aromatic nitrogens is 2. The van der Waals surface area contributed by atoms with E-state index in [0.29, 0.717) is 12.2 Å². The summed E-state index contributed by atoms with van der Waals surface area (Å²) in [7, 11) is 0. The molecule has 2 aromatic rings. The SMILES string of the molecule is CCCC(N)C(=O)Nc1ccnn1-c1ccccc1C.Cl. The molecule has 21 heavy (non-hydrogen) atoms. The van der Waals surface area contributed by atoms with Crippen LogP contribution in [0.1, 0.15) is 25.3 Å². The molecule has 1 unspecified atom stereocenters. The summed E-state index contributed by atoms with van der Waals surface area (Å²) >= 11 is 0. The van der Waals surface area contributed by atoms with E-state index < -0.39 is 6.04 Å². The average molecular weight is 309 g/mol. The highest BCUT2D eigenvalue weighted by Gasteiger charge is 2.15. The third-order valence-electron chi connectivity index (χ3n) is 3.17. The fraction of sp³-hybridized carbons (Fsp3) is 0.333. The number of aryl methyl sites for hydroxylation is 1. The predicted octanol–water partition coefficient (Wildman–Crippen LogP) is 2.67. The fourth-order valence-electron chi connectivity index (χ4n) is 2.05. The minimum Gasteiger partial charge on any atom is -0.320 e. The number of halogens is 1. The number of nitrogens with one attached hydrogen (secondary N) is 1. The zero-order valence-electron chi connectivity index (χ0n) is 12.2. The molecule has 114 valence electrons. The van der Waals surface area contributed by atoms with Gasteiger partial charge in [-0.05, 0) is 25.0 Å². The first-order valence-electron chi connectivity index (χ1n) is 6.80. The second-order valence-electron chi connectivity index (χ2n) is 4.80. The van der Waals surface area contributed by atoms with E-state index >= 15 is 0 Å². The number of rotatable bonds is 5. The number of carbonyl (C=O) groups excluding carboxylic acids is 1. The number of amides is 1. The van der Waals surface area contributed by atoms with E-state index in [-0.39, 0.29) is 18.3 Å². The van der Waals surface area contributed by atoms with E-state index in [1.54, 1.807) is 16.9 Å². The summed E-state index contributed by atoms with van der Waals surface area (Å²) in [5.41, 5.74) is 7.85. The second-order valence-corrected chi connectivity index (χ2v) is 4.80. The topological polar surface area (TPSA) is 72.9 Å². The smallest absolute Gasteiger partial charge is 0.242 e. The normalized spacial score (nSPS) is 11.6. The van der Waals surface area contributed by atoms with Gasteiger partial charge in [0.15, 0.2) is 0 Å². The van der Waals surface area contributed by atoms with Crippen LogP contribution in [0.2, 0.25) is 0 Å². The van der Waals surface area contributed by atoms with Crippen molar-refractivity contribution in [2.45, 2.75) is 32.7 Å². The number of benzene rings is 1. The quantitative estimate of drug-likeness (QED) is 0.892. The summed E-state index contributed by atoms with van der Waals surface area (Å²) in [6.45, 7) is 4.01. The molecule has 1 heterocycles. The summed E-state index contributed by atoms with van der Waals surface area (Å²) in [5, 5.41) is 7.10. The van der Waals surface area contributed by atoms with Gasteiger partial charge in [0.2, 0.25) is 5.91 Å². The number of anilines is 1. The number of carbonyl (C=O) groups is 1. The maximum atomic E-state index is 12.0. The number of hydrogen-bond acceptors (Lipinski definition) is 3. The van der Waals surface area contributed by atoms with Crippen molar-refractivity contribution in [1.82, 2.24) is 9.78 Å². The minimum absolute atomic E-state index is 0. The standard InChI is InChI=1S/C15H20N4O.ClH/c1-3-6-12(16)15(20)18-14-9-10-17-19(14)13-8-5-4-7-11(13)2;/h4-5,7-10,12H,3,6,16H2,1-2H3,(H,18,20);1H. The van der Waals surface area contributed by atoms with E-state index in [2.05, 4.69) is 10.4 Å². The molecule has 0 fully saturated rings. The minimum atomic E-state index is -0.486. The lowest BCUT2D eigenvalue weighted by Crippen LogP contribution is -2.35. The van der Waals surface area contributed by atoms with Crippen molar-refractivity contribution in [2.24, 2.45) is 5.73 Å². The van der Waals surface area contributed by atoms with Crippen LogP contribution in [0.3, 0.4) is 0 Å². The molecule has 0 saturated carbocycles. The molecule has 3 N–H and O–H groups in total. The van der Waals surface area contributed by atoms with Crippen molar-refractivity contribution in [1.29, 1.82) is 0 Å². The van der Waals surface area contributed by atoms with Crippen molar-refractivity contribution in [3.05, 3.63) is 42.1 Å². The molecule has 1 aromatic heterocycles. The van der Waals surface area contributed by atoms with Gasteiger partial charge in [-0.15, -0.1) is 12.4 Å². The number of nitrogens with two attached hydrogens (primary N) is 1. The molecule has 1 atom stereocenters. The van der Waals surface area contributed by atoms with Crippen molar-refractivity contribution in [2.75, 3.05) is 5.32 Å². The van der Waals surface area contributed by atoms with Crippen LogP contribution in [0.5, 0.6) is 0 Å². The molecule has 0 spiro atoms. The Hall–Kier alpha value is -1.85. The van der Waals surface area contributed by atoms with Crippen molar-refractivity contribution in [3.8, 4) is 5.69 Å². The molecule has 0 aliphatic carbocycles. The van der Waals surface area contributed by atoms with Gasteiger partial charge in [-0.2, -0.15) is 5.10 Å². The van der Waals surface area contributed by atoms with Crippen LogP contribution in [-0.4, -0.2) is 21.7 Å². The van der Waals surface area contributed by atoms with E-state index in [9.17, 15) is 4.79 Å². The largest absolute Gasteiger partial charge is 0.320 e. The first kappa shape index (κ1) is 17.2. The third kappa shape index (κ3) is 4.06. The molecule has 1 aromatic carbocycles. The van der Waals surface area contributed by atoms with E-state index in [1.165, 1.54) is 0 Å². The molecular weight excluding hydrogens is 288 g/mol. The lowest BCUT2D eigenvalue weighted by Gasteiger charge is -2.13. The molecular formula is C15H21ClN4O. The van der Waals surface area contributed by atoms with Crippen molar-refractivity contribution < 1.29 is 4.79 Å². The van der Waals surface area contributed by atoms with Crippen LogP contribution in [0.25, 0.3) is 5.69 Å². The third-order valence-corrected chi connectivity index (χ3v) is 3.17. The highest BCUT2D eigenvalue weighted by atomic mass is 35.5. The Labute approximate surface area is 130 Å². The van der Waals surface area contributed by atoms with Crippen molar-refractivity contribution in [3.63, 3.8) is 0 Å². The second kappa shape index (κ2) is 7.81. The van der Waals surface area contributed by atoms with Crippen LogP contribution in [-0.2, 0) is 4.79 Å². The summed E-state index contributed by atoms with van der Waals surface area (Å²) < 4.78 is 1.71. The Kier molecular flexibility index (Phi) is 6.39. The van der Waals surface area contributed by atoms with Gasteiger partial charge < -0.3 is 11.1 Å². The number of para-hydroxylation sites is 1.